The zero-order valence-electron chi connectivity index (χ0n) is 12.6. The molecular formula is C15H28N2O2. The van der Waals surface area contributed by atoms with Gasteiger partial charge in [-0.2, -0.15) is 0 Å². The molecule has 0 aromatic rings. The van der Waals surface area contributed by atoms with Crippen molar-refractivity contribution in [3.8, 4) is 0 Å². The molecule has 2 aliphatic rings. The number of nitrogens with one attached hydrogen (secondary N) is 1. The van der Waals surface area contributed by atoms with Crippen LogP contribution in [0.25, 0.3) is 0 Å². The van der Waals surface area contributed by atoms with E-state index in [0.29, 0.717) is 6.04 Å². The molecule has 1 aliphatic heterocycles. The van der Waals surface area contributed by atoms with Gasteiger partial charge in [-0.1, -0.05) is 0 Å². The first-order valence-corrected chi connectivity index (χ1v) is 7.79. The van der Waals surface area contributed by atoms with Crippen LogP contribution in [0.2, 0.25) is 0 Å². The minimum Gasteiger partial charge on any atom is -0.375 e. The Morgan fingerprint density at radius 2 is 2.11 bits per heavy atom. The van der Waals surface area contributed by atoms with Crippen molar-refractivity contribution in [3.05, 3.63) is 0 Å². The van der Waals surface area contributed by atoms with Crippen LogP contribution in [-0.2, 0) is 9.53 Å². The average Bonchev–Trinajstić information content (AvgIpc) is 2.38. The zero-order chi connectivity index (χ0) is 13.9. The molecule has 2 fully saturated rings. The molecule has 0 aromatic carbocycles. The number of amides is 1. The van der Waals surface area contributed by atoms with E-state index in [1.165, 1.54) is 19.3 Å². The van der Waals surface area contributed by atoms with Crippen molar-refractivity contribution < 1.29 is 9.53 Å². The lowest BCUT2D eigenvalue weighted by atomic mass is 9.74. The summed E-state index contributed by atoms with van der Waals surface area (Å²) in [4.78, 5) is 14.2. The maximum Gasteiger partial charge on any atom is 0.239 e. The van der Waals surface area contributed by atoms with E-state index >= 15 is 0 Å². The molecule has 1 saturated carbocycles. The van der Waals surface area contributed by atoms with E-state index in [4.69, 9.17) is 4.74 Å². The highest BCUT2D eigenvalue weighted by atomic mass is 16.5. The maximum absolute atomic E-state index is 12.3. The predicted octanol–water partition coefficient (Wildman–Crippen LogP) is 1.93. The Morgan fingerprint density at radius 1 is 1.42 bits per heavy atom. The Balaban J connectivity index is 1.84. The first-order chi connectivity index (χ1) is 9.10. The van der Waals surface area contributed by atoms with Gasteiger partial charge in [-0.15, -0.1) is 0 Å². The summed E-state index contributed by atoms with van der Waals surface area (Å²) in [6.45, 7) is 8.48. The lowest BCUT2D eigenvalue weighted by Gasteiger charge is -2.47. The summed E-state index contributed by atoms with van der Waals surface area (Å²) in [6, 6.07) is 0.351. The quantitative estimate of drug-likeness (QED) is 0.828. The summed E-state index contributed by atoms with van der Waals surface area (Å²) < 4.78 is 5.93. The van der Waals surface area contributed by atoms with Gasteiger partial charge in [-0.05, 0) is 52.9 Å². The van der Waals surface area contributed by atoms with Gasteiger partial charge in [0.05, 0.1) is 11.6 Å². The van der Waals surface area contributed by atoms with Gasteiger partial charge < -0.3 is 15.0 Å². The van der Waals surface area contributed by atoms with Crippen LogP contribution in [0, 0.1) is 0 Å². The molecule has 2 unspecified atom stereocenters. The second-order valence-electron chi connectivity index (χ2n) is 5.97. The highest BCUT2D eigenvalue weighted by Crippen LogP contribution is 2.42. The van der Waals surface area contributed by atoms with E-state index in [-0.39, 0.29) is 17.6 Å². The molecule has 19 heavy (non-hydrogen) atoms. The second-order valence-corrected chi connectivity index (χ2v) is 5.97. The standard InChI is InChI=1S/C15H28N2O2/c1-4-17(5-2)14(18)12(3)16-13-7-10-19-15(11-13)8-6-9-15/h12-13,16H,4-11H2,1-3H3. The molecule has 4 heteroatoms. The third-order valence-corrected chi connectivity index (χ3v) is 4.69. The van der Waals surface area contributed by atoms with Crippen molar-refractivity contribution in [1.29, 1.82) is 0 Å². The Labute approximate surface area is 116 Å². The number of hydrogen-bond donors (Lipinski definition) is 1. The minimum absolute atomic E-state index is 0.0832. The number of hydrogen-bond acceptors (Lipinski definition) is 3. The van der Waals surface area contributed by atoms with E-state index in [2.05, 4.69) is 5.32 Å². The van der Waals surface area contributed by atoms with Crippen molar-refractivity contribution >= 4 is 5.91 Å². The summed E-state index contributed by atoms with van der Waals surface area (Å²) in [5.41, 5.74) is 0.147. The Morgan fingerprint density at radius 3 is 2.63 bits per heavy atom. The summed E-state index contributed by atoms with van der Waals surface area (Å²) in [5, 5.41) is 3.52. The SMILES string of the molecule is CCN(CC)C(=O)C(C)NC1CCOC2(CCC2)C1. The molecule has 4 nitrogen and oxygen atoms in total. The lowest BCUT2D eigenvalue weighted by Crippen LogP contribution is -2.55. The van der Waals surface area contributed by atoms with Gasteiger partial charge in [0.2, 0.25) is 5.91 Å². The highest BCUT2D eigenvalue weighted by molar-refractivity contribution is 5.81. The van der Waals surface area contributed by atoms with E-state index in [1.54, 1.807) is 0 Å². The Bertz CT molecular complexity index is 311. The summed E-state index contributed by atoms with van der Waals surface area (Å²) in [6.07, 6.45) is 5.79. The number of carbonyl (C=O) groups excluding carboxylic acids is 1. The van der Waals surface area contributed by atoms with Crippen LogP contribution in [-0.4, -0.2) is 48.2 Å². The topological polar surface area (TPSA) is 41.6 Å². The fourth-order valence-corrected chi connectivity index (χ4v) is 3.32. The van der Waals surface area contributed by atoms with Crippen molar-refractivity contribution in [2.75, 3.05) is 19.7 Å². The summed E-state index contributed by atoms with van der Waals surface area (Å²) in [5.74, 6) is 0.221. The van der Waals surface area contributed by atoms with E-state index in [0.717, 1.165) is 32.5 Å². The molecule has 2 atom stereocenters. The molecule has 0 aromatic heterocycles. The average molecular weight is 268 g/mol. The third kappa shape index (κ3) is 3.29. The molecule has 110 valence electrons. The van der Waals surface area contributed by atoms with Gasteiger partial charge in [0, 0.05) is 25.7 Å². The fourth-order valence-electron chi connectivity index (χ4n) is 3.32. The maximum atomic E-state index is 12.3. The van der Waals surface area contributed by atoms with Crippen molar-refractivity contribution in [1.82, 2.24) is 10.2 Å². The molecular weight excluding hydrogens is 240 g/mol. The van der Waals surface area contributed by atoms with Crippen LogP contribution in [0.5, 0.6) is 0 Å². The molecule has 1 spiro atoms. The van der Waals surface area contributed by atoms with Gasteiger partial charge in [0.1, 0.15) is 0 Å². The molecule has 0 bridgehead atoms. The van der Waals surface area contributed by atoms with E-state index < -0.39 is 0 Å². The Kier molecular flexibility index (Phi) is 4.85. The molecule has 2 rings (SSSR count). The smallest absolute Gasteiger partial charge is 0.239 e. The summed E-state index contributed by atoms with van der Waals surface area (Å²) in [7, 11) is 0. The van der Waals surface area contributed by atoms with Crippen LogP contribution >= 0.6 is 0 Å². The number of carbonyl (C=O) groups is 1. The van der Waals surface area contributed by atoms with Crippen LogP contribution < -0.4 is 5.32 Å². The van der Waals surface area contributed by atoms with Crippen LogP contribution in [0.4, 0.5) is 0 Å². The predicted molar refractivity (Wildman–Crippen MR) is 76.1 cm³/mol. The molecule has 1 amide bonds. The Hall–Kier alpha value is -0.610. The minimum atomic E-state index is -0.0832. The van der Waals surface area contributed by atoms with Crippen LogP contribution in [0.15, 0.2) is 0 Å². The van der Waals surface area contributed by atoms with Gasteiger partial charge in [-0.25, -0.2) is 0 Å². The normalized spacial score (nSPS) is 26.8. The van der Waals surface area contributed by atoms with Crippen LogP contribution in [0.1, 0.15) is 52.9 Å². The molecule has 1 heterocycles. The summed E-state index contributed by atoms with van der Waals surface area (Å²) >= 11 is 0. The zero-order valence-corrected chi connectivity index (χ0v) is 12.6. The number of nitrogens with zero attached hydrogens (tertiary/aromatic N) is 1. The van der Waals surface area contributed by atoms with E-state index in [1.807, 2.05) is 25.7 Å². The van der Waals surface area contributed by atoms with Crippen molar-refractivity contribution in [2.24, 2.45) is 0 Å². The number of likely N-dealkylation sites (N-methyl/N-ethyl adjacent to an activating group) is 1. The largest absolute Gasteiger partial charge is 0.375 e. The highest BCUT2D eigenvalue weighted by Gasteiger charge is 2.42. The molecule has 1 aliphatic carbocycles. The first kappa shape index (κ1) is 14.8. The second kappa shape index (κ2) is 6.23. The van der Waals surface area contributed by atoms with Gasteiger partial charge in [0.15, 0.2) is 0 Å². The van der Waals surface area contributed by atoms with Crippen molar-refractivity contribution in [2.45, 2.75) is 70.6 Å². The fraction of sp³-hybridized carbons (Fsp3) is 0.933. The van der Waals surface area contributed by atoms with Gasteiger partial charge >= 0.3 is 0 Å². The number of ether oxygens (including phenoxy) is 1. The lowest BCUT2D eigenvalue weighted by molar-refractivity contribution is -0.141. The first-order valence-electron chi connectivity index (χ1n) is 7.79. The third-order valence-electron chi connectivity index (χ3n) is 4.69. The number of rotatable bonds is 5. The molecule has 1 saturated heterocycles. The van der Waals surface area contributed by atoms with Crippen molar-refractivity contribution in [3.63, 3.8) is 0 Å². The van der Waals surface area contributed by atoms with Gasteiger partial charge in [0.25, 0.3) is 0 Å². The molecule has 0 radical (unpaired) electrons. The molecule has 1 N–H and O–H groups in total. The monoisotopic (exact) mass is 268 g/mol. The van der Waals surface area contributed by atoms with E-state index in [9.17, 15) is 4.79 Å². The van der Waals surface area contributed by atoms with Crippen LogP contribution in [0.3, 0.4) is 0 Å². The van der Waals surface area contributed by atoms with Gasteiger partial charge in [-0.3, -0.25) is 4.79 Å².